The number of rotatable bonds is 5. The van der Waals surface area contributed by atoms with Gasteiger partial charge in [0.2, 0.25) is 5.95 Å². The van der Waals surface area contributed by atoms with Crippen molar-refractivity contribution in [2.75, 3.05) is 17.7 Å². The summed E-state index contributed by atoms with van der Waals surface area (Å²) in [6.07, 6.45) is 1.54. The molecule has 0 fully saturated rings. The van der Waals surface area contributed by atoms with Crippen molar-refractivity contribution in [2.45, 2.75) is 6.92 Å². The molecule has 0 aliphatic carbocycles. The SMILES string of the molecule is COc1ccccc1Nc1cnnc(Nc2cccc(Cl)c2C)n1. The molecule has 3 aromatic rings. The minimum Gasteiger partial charge on any atom is -0.495 e. The van der Waals surface area contributed by atoms with E-state index in [4.69, 9.17) is 16.3 Å². The second kappa shape index (κ2) is 7.14. The lowest BCUT2D eigenvalue weighted by molar-refractivity contribution is 0.417. The van der Waals surface area contributed by atoms with Crippen LogP contribution in [0.3, 0.4) is 0 Å². The maximum atomic E-state index is 6.13. The van der Waals surface area contributed by atoms with Gasteiger partial charge in [-0.15, -0.1) is 5.10 Å². The van der Waals surface area contributed by atoms with Crippen LogP contribution in [0.5, 0.6) is 5.75 Å². The average Bonchev–Trinajstić information content (AvgIpc) is 2.60. The van der Waals surface area contributed by atoms with Crippen LogP contribution in [0.1, 0.15) is 5.56 Å². The molecule has 1 heterocycles. The van der Waals surface area contributed by atoms with Gasteiger partial charge in [-0.25, -0.2) is 0 Å². The van der Waals surface area contributed by atoms with Crippen molar-refractivity contribution >= 4 is 34.7 Å². The number of halogens is 1. The number of ether oxygens (including phenoxy) is 1. The third-order valence-corrected chi connectivity index (χ3v) is 3.85. The lowest BCUT2D eigenvalue weighted by Gasteiger charge is -2.11. The number of anilines is 4. The van der Waals surface area contributed by atoms with Crippen LogP contribution < -0.4 is 15.4 Å². The molecule has 0 atom stereocenters. The van der Waals surface area contributed by atoms with E-state index in [1.807, 2.05) is 49.4 Å². The monoisotopic (exact) mass is 341 g/mol. The Morgan fingerprint density at radius 2 is 1.79 bits per heavy atom. The summed E-state index contributed by atoms with van der Waals surface area (Å²) in [5, 5.41) is 15.0. The van der Waals surface area contributed by atoms with Gasteiger partial charge in [0.15, 0.2) is 5.82 Å². The van der Waals surface area contributed by atoms with E-state index in [9.17, 15) is 0 Å². The predicted molar refractivity (Wildman–Crippen MR) is 95.6 cm³/mol. The van der Waals surface area contributed by atoms with Crippen LogP contribution in [0.25, 0.3) is 0 Å². The Balaban J connectivity index is 1.83. The number of nitrogens with one attached hydrogen (secondary N) is 2. The molecule has 2 N–H and O–H groups in total. The fraction of sp³-hybridized carbons (Fsp3) is 0.118. The summed E-state index contributed by atoms with van der Waals surface area (Å²) in [5.41, 5.74) is 2.55. The van der Waals surface area contributed by atoms with Crippen molar-refractivity contribution in [3.63, 3.8) is 0 Å². The number of hydrogen-bond donors (Lipinski definition) is 2. The zero-order chi connectivity index (χ0) is 16.9. The van der Waals surface area contributed by atoms with Gasteiger partial charge in [-0.2, -0.15) is 10.1 Å². The smallest absolute Gasteiger partial charge is 0.249 e. The third kappa shape index (κ3) is 3.55. The van der Waals surface area contributed by atoms with Crippen LogP contribution in [0.2, 0.25) is 5.02 Å². The van der Waals surface area contributed by atoms with Crippen molar-refractivity contribution < 1.29 is 4.74 Å². The van der Waals surface area contributed by atoms with Crippen LogP contribution in [0.4, 0.5) is 23.1 Å². The second-order valence-corrected chi connectivity index (χ2v) is 5.44. The number of methoxy groups -OCH3 is 1. The van der Waals surface area contributed by atoms with Gasteiger partial charge in [-0.1, -0.05) is 29.8 Å². The Bertz CT molecular complexity index is 856. The summed E-state index contributed by atoms with van der Waals surface area (Å²) in [5.74, 6) is 1.65. The summed E-state index contributed by atoms with van der Waals surface area (Å²) >= 11 is 6.13. The van der Waals surface area contributed by atoms with Gasteiger partial charge in [0.25, 0.3) is 0 Å². The van der Waals surface area contributed by atoms with Crippen molar-refractivity contribution in [2.24, 2.45) is 0 Å². The first-order valence-corrected chi connectivity index (χ1v) is 7.67. The molecule has 24 heavy (non-hydrogen) atoms. The summed E-state index contributed by atoms with van der Waals surface area (Å²) in [6.45, 7) is 1.93. The maximum absolute atomic E-state index is 6.13. The normalized spacial score (nSPS) is 10.3. The number of benzene rings is 2. The molecule has 0 spiro atoms. The molecule has 0 saturated heterocycles. The molecule has 122 valence electrons. The average molecular weight is 342 g/mol. The Kier molecular flexibility index (Phi) is 4.77. The lowest BCUT2D eigenvalue weighted by atomic mass is 10.2. The van der Waals surface area contributed by atoms with E-state index < -0.39 is 0 Å². The van der Waals surface area contributed by atoms with E-state index >= 15 is 0 Å². The summed E-state index contributed by atoms with van der Waals surface area (Å²) in [4.78, 5) is 4.42. The van der Waals surface area contributed by atoms with Gasteiger partial charge in [-0.3, -0.25) is 0 Å². The zero-order valence-electron chi connectivity index (χ0n) is 13.2. The van der Waals surface area contributed by atoms with Crippen molar-refractivity contribution in [1.82, 2.24) is 15.2 Å². The molecule has 0 amide bonds. The molecule has 0 saturated carbocycles. The molecular formula is C17H16ClN5O. The highest BCUT2D eigenvalue weighted by Crippen LogP contribution is 2.27. The fourth-order valence-electron chi connectivity index (χ4n) is 2.17. The highest BCUT2D eigenvalue weighted by molar-refractivity contribution is 6.31. The topological polar surface area (TPSA) is 72.0 Å². The number of aromatic nitrogens is 3. The maximum Gasteiger partial charge on any atom is 0.249 e. The van der Waals surface area contributed by atoms with Crippen molar-refractivity contribution in [1.29, 1.82) is 0 Å². The molecule has 2 aromatic carbocycles. The first kappa shape index (κ1) is 16.0. The van der Waals surface area contributed by atoms with Gasteiger partial charge in [0.05, 0.1) is 19.0 Å². The quantitative estimate of drug-likeness (QED) is 0.719. The Morgan fingerprint density at radius 3 is 2.62 bits per heavy atom. The van der Waals surface area contributed by atoms with E-state index in [-0.39, 0.29) is 0 Å². The zero-order valence-corrected chi connectivity index (χ0v) is 14.0. The molecule has 7 heteroatoms. The Morgan fingerprint density at radius 1 is 1.00 bits per heavy atom. The van der Waals surface area contributed by atoms with Crippen LogP contribution in [0.15, 0.2) is 48.7 Å². The number of hydrogen-bond acceptors (Lipinski definition) is 6. The summed E-state index contributed by atoms with van der Waals surface area (Å²) in [6, 6.07) is 13.2. The summed E-state index contributed by atoms with van der Waals surface area (Å²) in [7, 11) is 1.62. The summed E-state index contributed by atoms with van der Waals surface area (Å²) < 4.78 is 5.32. The first-order chi connectivity index (χ1) is 11.7. The van der Waals surface area contributed by atoms with E-state index in [0.717, 1.165) is 22.7 Å². The largest absolute Gasteiger partial charge is 0.495 e. The molecule has 3 rings (SSSR count). The van der Waals surface area contributed by atoms with E-state index in [1.54, 1.807) is 13.3 Å². The molecule has 1 aromatic heterocycles. The third-order valence-electron chi connectivity index (χ3n) is 3.44. The molecule has 0 bridgehead atoms. The fourth-order valence-corrected chi connectivity index (χ4v) is 2.34. The van der Waals surface area contributed by atoms with Gasteiger partial charge >= 0.3 is 0 Å². The Hall–Kier alpha value is -2.86. The molecule has 0 unspecified atom stereocenters. The highest BCUT2D eigenvalue weighted by atomic mass is 35.5. The molecular weight excluding hydrogens is 326 g/mol. The molecule has 6 nitrogen and oxygen atoms in total. The molecule has 0 radical (unpaired) electrons. The van der Waals surface area contributed by atoms with Gasteiger partial charge < -0.3 is 15.4 Å². The Labute approximate surface area is 144 Å². The van der Waals surface area contributed by atoms with E-state index in [0.29, 0.717) is 16.8 Å². The minimum absolute atomic E-state index is 0.375. The highest BCUT2D eigenvalue weighted by Gasteiger charge is 2.07. The van der Waals surface area contributed by atoms with Crippen LogP contribution in [-0.2, 0) is 0 Å². The van der Waals surface area contributed by atoms with Gasteiger partial charge in [-0.05, 0) is 36.8 Å². The standard InChI is InChI=1S/C17H16ClN5O/c1-11-12(18)6-5-8-13(11)21-17-22-16(10-19-23-17)20-14-7-3-4-9-15(14)24-2/h3-10H,1-2H3,(H2,20,21,22,23). The molecule has 0 aliphatic rings. The number of para-hydroxylation sites is 2. The first-order valence-electron chi connectivity index (χ1n) is 7.29. The van der Waals surface area contributed by atoms with Crippen molar-refractivity contribution in [3.05, 3.63) is 59.2 Å². The van der Waals surface area contributed by atoms with Crippen LogP contribution in [0, 0.1) is 6.92 Å². The lowest BCUT2D eigenvalue weighted by Crippen LogP contribution is -2.04. The van der Waals surface area contributed by atoms with Crippen LogP contribution in [-0.4, -0.2) is 22.3 Å². The van der Waals surface area contributed by atoms with Crippen LogP contribution >= 0.6 is 11.6 Å². The number of nitrogens with zero attached hydrogens (tertiary/aromatic N) is 3. The predicted octanol–water partition coefficient (Wildman–Crippen LogP) is 4.33. The minimum atomic E-state index is 0.375. The van der Waals surface area contributed by atoms with Crippen molar-refractivity contribution in [3.8, 4) is 5.75 Å². The molecule has 0 aliphatic heterocycles. The van der Waals surface area contributed by atoms with Gasteiger partial charge in [0.1, 0.15) is 5.75 Å². The van der Waals surface area contributed by atoms with E-state index in [1.165, 1.54) is 0 Å². The second-order valence-electron chi connectivity index (χ2n) is 5.03. The van der Waals surface area contributed by atoms with E-state index in [2.05, 4.69) is 25.8 Å². The van der Waals surface area contributed by atoms with Gasteiger partial charge in [0, 0.05) is 10.7 Å².